The van der Waals surface area contributed by atoms with E-state index >= 15 is 0 Å². The first-order valence-electron chi connectivity index (χ1n) is 3.79. The van der Waals surface area contributed by atoms with Gasteiger partial charge in [0.1, 0.15) is 5.78 Å². The lowest BCUT2D eigenvalue weighted by atomic mass is 9.95. The molecule has 0 aromatic rings. The van der Waals surface area contributed by atoms with Crippen molar-refractivity contribution in [2.45, 2.75) is 24.9 Å². The van der Waals surface area contributed by atoms with Gasteiger partial charge < -0.3 is 0 Å². The summed E-state index contributed by atoms with van der Waals surface area (Å²) < 4.78 is 0. The van der Waals surface area contributed by atoms with Crippen LogP contribution in [0.2, 0.25) is 0 Å². The molecule has 52 valence electrons. The molecule has 4 bridgehead atoms. The second kappa shape index (κ2) is 1.31. The van der Waals surface area contributed by atoms with Crippen LogP contribution in [0, 0.1) is 11.8 Å². The van der Waals surface area contributed by atoms with Gasteiger partial charge in [-0.2, -0.15) is 10.2 Å². The molecule has 0 saturated heterocycles. The van der Waals surface area contributed by atoms with Gasteiger partial charge in [0, 0.05) is 6.42 Å². The zero-order valence-electron chi connectivity index (χ0n) is 5.53. The van der Waals surface area contributed by atoms with Crippen LogP contribution in [-0.2, 0) is 4.79 Å². The molecule has 2 saturated carbocycles. The summed E-state index contributed by atoms with van der Waals surface area (Å²) in [6.07, 6.45) is 1.91. The Balaban J connectivity index is 2.12. The van der Waals surface area contributed by atoms with Gasteiger partial charge in [0.25, 0.3) is 0 Å². The number of carbonyl (C=O) groups is 1. The van der Waals surface area contributed by atoms with E-state index in [9.17, 15) is 4.79 Å². The Morgan fingerprint density at radius 1 is 1.40 bits per heavy atom. The molecule has 2 fully saturated rings. The number of hydrogen-bond acceptors (Lipinski definition) is 3. The lowest BCUT2D eigenvalue weighted by Gasteiger charge is -2.13. The molecule has 3 aliphatic rings. The van der Waals surface area contributed by atoms with E-state index < -0.39 is 0 Å². The van der Waals surface area contributed by atoms with Gasteiger partial charge in [-0.05, 0) is 12.3 Å². The van der Waals surface area contributed by atoms with E-state index in [-0.39, 0.29) is 12.0 Å². The fourth-order valence-corrected chi connectivity index (χ4v) is 2.57. The third kappa shape index (κ3) is 0.358. The molecule has 0 spiro atoms. The summed E-state index contributed by atoms with van der Waals surface area (Å²) in [5, 5.41) is 8.12. The van der Waals surface area contributed by atoms with E-state index in [1.165, 1.54) is 0 Å². The molecule has 0 aromatic carbocycles. The summed E-state index contributed by atoms with van der Waals surface area (Å²) >= 11 is 0. The monoisotopic (exact) mass is 136 g/mol. The molecule has 10 heavy (non-hydrogen) atoms. The Hall–Kier alpha value is -0.730. The van der Waals surface area contributed by atoms with E-state index in [1.54, 1.807) is 0 Å². The molecular weight excluding hydrogens is 128 g/mol. The van der Waals surface area contributed by atoms with Crippen LogP contribution in [0.15, 0.2) is 10.2 Å². The van der Waals surface area contributed by atoms with E-state index in [0.29, 0.717) is 17.7 Å². The smallest absolute Gasteiger partial charge is 0.140 e. The van der Waals surface area contributed by atoms with E-state index in [0.717, 1.165) is 12.8 Å². The van der Waals surface area contributed by atoms with Gasteiger partial charge in [0.2, 0.25) is 0 Å². The zero-order valence-corrected chi connectivity index (χ0v) is 5.53. The number of carbonyl (C=O) groups excluding carboxylic acids is 1. The van der Waals surface area contributed by atoms with Crippen molar-refractivity contribution in [1.82, 2.24) is 0 Å². The average Bonchev–Trinajstić information content (AvgIpc) is 2.49. The summed E-state index contributed by atoms with van der Waals surface area (Å²) in [6.45, 7) is 0. The molecule has 0 unspecified atom stereocenters. The molecule has 3 rings (SSSR count). The number of rotatable bonds is 0. The number of nitrogens with zero attached hydrogens (tertiary/aromatic N) is 2. The van der Waals surface area contributed by atoms with Crippen LogP contribution < -0.4 is 0 Å². The Morgan fingerprint density at radius 2 is 2.30 bits per heavy atom. The maximum atomic E-state index is 11.2. The van der Waals surface area contributed by atoms with E-state index in [2.05, 4.69) is 10.2 Å². The summed E-state index contributed by atoms with van der Waals surface area (Å²) in [6, 6.07) is 0.591. The average molecular weight is 136 g/mol. The standard InChI is InChI=1S/C7H8N2O/c10-5-2-3-1-4-6(5)7(3)9-8-4/h3-4,6-7H,1-2H2/t3-,4+,6+,7+/m1/s1. The largest absolute Gasteiger partial charge is 0.299 e. The molecule has 2 aliphatic carbocycles. The third-order valence-corrected chi connectivity index (χ3v) is 2.99. The van der Waals surface area contributed by atoms with Crippen molar-refractivity contribution in [2.75, 3.05) is 0 Å². The predicted molar refractivity (Wildman–Crippen MR) is 33.7 cm³/mol. The van der Waals surface area contributed by atoms with Crippen molar-refractivity contribution >= 4 is 5.78 Å². The van der Waals surface area contributed by atoms with Gasteiger partial charge in [0.15, 0.2) is 0 Å². The van der Waals surface area contributed by atoms with Crippen LogP contribution >= 0.6 is 0 Å². The van der Waals surface area contributed by atoms with Crippen molar-refractivity contribution in [3.8, 4) is 0 Å². The second-order valence-corrected chi connectivity index (χ2v) is 3.48. The fraction of sp³-hybridized carbons (Fsp3) is 0.857. The first-order valence-corrected chi connectivity index (χ1v) is 3.79. The fourth-order valence-electron chi connectivity index (χ4n) is 2.57. The lowest BCUT2D eigenvalue weighted by Crippen LogP contribution is -2.21. The van der Waals surface area contributed by atoms with E-state index in [1.807, 2.05) is 0 Å². The number of ketones is 1. The quantitative estimate of drug-likeness (QED) is 0.485. The highest BCUT2D eigenvalue weighted by Gasteiger charge is 2.57. The van der Waals surface area contributed by atoms with Crippen molar-refractivity contribution in [3.63, 3.8) is 0 Å². The third-order valence-electron chi connectivity index (χ3n) is 2.99. The summed E-state index contributed by atoms with van der Waals surface area (Å²) in [5.41, 5.74) is 0. The molecule has 0 aromatic heterocycles. The van der Waals surface area contributed by atoms with Crippen molar-refractivity contribution < 1.29 is 4.79 Å². The highest BCUT2D eigenvalue weighted by molar-refractivity contribution is 5.87. The van der Waals surface area contributed by atoms with Crippen LogP contribution in [-0.4, -0.2) is 17.9 Å². The Kier molecular flexibility index (Phi) is 0.654. The van der Waals surface area contributed by atoms with Crippen molar-refractivity contribution in [1.29, 1.82) is 0 Å². The highest BCUT2D eigenvalue weighted by atomic mass is 16.1. The minimum Gasteiger partial charge on any atom is -0.299 e. The highest BCUT2D eigenvalue weighted by Crippen LogP contribution is 2.49. The Labute approximate surface area is 58.5 Å². The van der Waals surface area contributed by atoms with Crippen molar-refractivity contribution in [2.24, 2.45) is 22.1 Å². The van der Waals surface area contributed by atoms with Gasteiger partial charge in [-0.25, -0.2) is 0 Å². The summed E-state index contributed by atoms with van der Waals surface area (Å²) in [7, 11) is 0. The van der Waals surface area contributed by atoms with Gasteiger partial charge >= 0.3 is 0 Å². The summed E-state index contributed by atoms with van der Waals surface area (Å²) in [4.78, 5) is 11.2. The maximum absolute atomic E-state index is 11.2. The van der Waals surface area contributed by atoms with Crippen LogP contribution in [0.1, 0.15) is 12.8 Å². The van der Waals surface area contributed by atoms with Crippen LogP contribution in [0.25, 0.3) is 0 Å². The molecule has 0 N–H and O–H groups in total. The Bertz CT molecular complexity index is 236. The minimum absolute atomic E-state index is 0.213. The SMILES string of the molecule is O=C1C[C@H]2C[C@@H]3N=N[C@@H]2[C@H]13. The zero-order chi connectivity index (χ0) is 6.72. The first kappa shape index (κ1) is 4.99. The molecule has 4 atom stereocenters. The molecule has 3 nitrogen and oxygen atoms in total. The number of azo groups is 1. The van der Waals surface area contributed by atoms with Crippen molar-refractivity contribution in [3.05, 3.63) is 0 Å². The number of hydrogen-bond donors (Lipinski definition) is 0. The predicted octanol–water partition coefficient (Wildman–Crippen LogP) is 0.798. The molecular formula is C7H8N2O. The van der Waals surface area contributed by atoms with Gasteiger partial charge in [-0.15, -0.1) is 0 Å². The number of Topliss-reactive ketones (excluding diaryl/α,β-unsaturated/α-hetero) is 1. The molecule has 1 aliphatic heterocycles. The first-order chi connectivity index (χ1) is 4.86. The normalized spacial score (nSPS) is 55.0. The van der Waals surface area contributed by atoms with Gasteiger partial charge in [0.05, 0.1) is 18.0 Å². The molecule has 0 radical (unpaired) electrons. The van der Waals surface area contributed by atoms with Crippen LogP contribution in [0.5, 0.6) is 0 Å². The van der Waals surface area contributed by atoms with Gasteiger partial charge in [-0.3, -0.25) is 4.79 Å². The molecule has 0 amide bonds. The van der Waals surface area contributed by atoms with Crippen LogP contribution in [0.3, 0.4) is 0 Å². The second-order valence-electron chi connectivity index (χ2n) is 3.48. The Morgan fingerprint density at radius 3 is 2.90 bits per heavy atom. The summed E-state index contributed by atoms with van der Waals surface area (Å²) in [5.74, 6) is 1.20. The minimum atomic E-state index is 0.213. The van der Waals surface area contributed by atoms with Crippen LogP contribution in [0.4, 0.5) is 0 Å². The maximum Gasteiger partial charge on any atom is 0.140 e. The van der Waals surface area contributed by atoms with E-state index in [4.69, 9.17) is 0 Å². The lowest BCUT2D eigenvalue weighted by molar-refractivity contribution is -0.121. The molecule has 1 heterocycles. The topological polar surface area (TPSA) is 41.8 Å². The van der Waals surface area contributed by atoms with Gasteiger partial charge in [-0.1, -0.05) is 0 Å². The molecule has 3 heteroatoms.